The van der Waals surface area contributed by atoms with Gasteiger partial charge in [-0.25, -0.2) is 38.4 Å². The van der Waals surface area contributed by atoms with Crippen molar-refractivity contribution in [3.05, 3.63) is 0 Å². The first-order valence-corrected chi connectivity index (χ1v) is 15.4. The molecule has 1 unspecified atom stereocenters. The van der Waals surface area contributed by atoms with Crippen molar-refractivity contribution in [2.45, 2.75) is 61.4 Å². The molecule has 2 rings (SSSR count). The van der Waals surface area contributed by atoms with Gasteiger partial charge in [-0.3, -0.25) is 0 Å². The second-order valence-corrected chi connectivity index (χ2v) is 11.1. The van der Waals surface area contributed by atoms with Gasteiger partial charge >= 0.3 is 47.8 Å². The Hall–Kier alpha value is -4.68. The number of aliphatic carboxylic acids is 8. The second-order valence-electron chi connectivity index (χ2n) is 11.1. The van der Waals surface area contributed by atoms with Gasteiger partial charge < -0.3 is 93.0 Å². The summed E-state index contributed by atoms with van der Waals surface area (Å²) in [7, 11) is 0. The van der Waals surface area contributed by atoms with E-state index in [1.54, 1.807) is 0 Å². The Labute approximate surface area is 306 Å². The van der Waals surface area contributed by atoms with E-state index in [-0.39, 0.29) is 0 Å². The number of carboxylic acid groups (broad SMARTS) is 8. The predicted octanol–water partition coefficient (Wildman–Crippen LogP) is -4.53. The summed E-state index contributed by atoms with van der Waals surface area (Å²) in [6.07, 6.45) is -18.7. The molecular weight excluding hydrogens is 768 g/mol. The highest BCUT2D eigenvalue weighted by Crippen LogP contribution is 2.35. The zero-order valence-electron chi connectivity index (χ0n) is 28.2. The van der Waals surface area contributed by atoms with Gasteiger partial charge in [0.25, 0.3) is 0 Å². The lowest BCUT2D eigenvalue weighted by atomic mass is 9.96. The summed E-state index contributed by atoms with van der Waals surface area (Å²) in [5.41, 5.74) is 0. The molecule has 0 aromatic rings. The largest absolute Gasteiger partial charge is 0.480 e. The maximum absolute atomic E-state index is 11.6. The van der Waals surface area contributed by atoms with Crippen LogP contribution >= 0.6 is 0 Å². The molecule has 27 heteroatoms. The number of hydrogen-bond donors (Lipinski definition) is 8. The van der Waals surface area contributed by atoms with Crippen LogP contribution in [0.2, 0.25) is 0 Å². The molecule has 10 atom stereocenters. The van der Waals surface area contributed by atoms with Gasteiger partial charge in [-0.15, -0.1) is 0 Å². The minimum absolute atomic E-state index is 0.782. The number of carboxylic acids is 8. The van der Waals surface area contributed by atoms with Crippen LogP contribution in [0.4, 0.5) is 0 Å². The third-order valence-corrected chi connectivity index (χ3v) is 6.86. The summed E-state index contributed by atoms with van der Waals surface area (Å²) < 4.78 is 60.2. The molecule has 0 aromatic carbocycles. The molecule has 2 fully saturated rings. The molecule has 0 radical (unpaired) electrons. The highest BCUT2D eigenvalue weighted by molar-refractivity contribution is 5.70. The van der Waals surface area contributed by atoms with Gasteiger partial charge in [-0.2, -0.15) is 0 Å². The molecule has 55 heavy (non-hydrogen) atoms. The van der Waals surface area contributed by atoms with Crippen LogP contribution in [0.1, 0.15) is 0 Å². The van der Waals surface area contributed by atoms with E-state index in [0.717, 1.165) is 0 Å². The first kappa shape index (κ1) is 46.5. The standard InChI is InChI=1S/C28H38O27/c29-13(30)3-45-1-11-21(47-5-15(33)34)23(48-6-16(35)36)26(51-9-19(41)42)28(54-11)55-22-12(2-46-4-14(31)32)53-27(52-10-20(43)44)25(50-8-18(39)40)24(22)49-7-17(37)38/h11-12,21-28H,1-10H2,(H,29,30)(H,31,32)(H,33,34)(H,35,36)(H,37,38)(H,39,40)(H,41,42)(H,43,44)/t11-,12-,21-,22-,23+,24+,25-,26-,27?,28+/m1/s1. The smallest absolute Gasteiger partial charge is 0.329 e. The van der Waals surface area contributed by atoms with Gasteiger partial charge in [0.1, 0.15) is 102 Å². The van der Waals surface area contributed by atoms with Gasteiger partial charge in [-0.05, 0) is 0 Å². The Morgan fingerprint density at radius 1 is 0.345 bits per heavy atom. The van der Waals surface area contributed by atoms with Crippen molar-refractivity contribution in [3.63, 3.8) is 0 Å². The molecule has 27 nitrogen and oxygen atoms in total. The highest BCUT2D eigenvalue weighted by Gasteiger charge is 2.55. The van der Waals surface area contributed by atoms with Crippen LogP contribution in [0.15, 0.2) is 0 Å². The van der Waals surface area contributed by atoms with E-state index >= 15 is 0 Å². The third kappa shape index (κ3) is 16.7. The molecule has 0 spiro atoms. The Bertz CT molecular complexity index is 1340. The van der Waals surface area contributed by atoms with E-state index < -0.39 is 175 Å². The molecule has 0 aliphatic carbocycles. The molecule has 0 bridgehead atoms. The van der Waals surface area contributed by atoms with Crippen molar-refractivity contribution >= 4 is 47.8 Å². The molecule has 8 N–H and O–H groups in total. The van der Waals surface area contributed by atoms with Crippen molar-refractivity contribution in [1.29, 1.82) is 0 Å². The summed E-state index contributed by atoms with van der Waals surface area (Å²) in [6.45, 7) is -10.5. The summed E-state index contributed by atoms with van der Waals surface area (Å²) in [6, 6.07) is 0. The Morgan fingerprint density at radius 3 is 1.04 bits per heavy atom. The van der Waals surface area contributed by atoms with Crippen LogP contribution in [0.25, 0.3) is 0 Å². The molecule has 0 saturated carbocycles. The molecule has 2 heterocycles. The number of carbonyl (C=O) groups is 8. The van der Waals surface area contributed by atoms with Gasteiger partial charge in [0.05, 0.1) is 13.2 Å². The summed E-state index contributed by atoms with van der Waals surface area (Å²) in [4.78, 5) is 91.5. The third-order valence-electron chi connectivity index (χ3n) is 6.86. The van der Waals surface area contributed by atoms with E-state index in [9.17, 15) is 69.0 Å². The molecular formula is C28H38O27. The van der Waals surface area contributed by atoms with Crippen molar-refractivity contribution in [1.82, 2.24) is 0 Å². The monoisotopic (exact) mass is 806 g/mol. The minimum Gasteiger partial charge on any atom is -0.480 e. The average Bonchev–Trinajstić information content (AvgIpc) is 3.07. The van der Waals surface area contributed by atoms with Crippen molar-refractivity contribution < 1.29 is 131 Å². The van der Waals surface area contributed by atoms with E-state index in [1.807, 2.05) is 0 Å². The van der Waals surface area contributed by atoms with Crippen LogP contribution in [0, 0.1) is 0 Å². The predicted molar refractivity (Wildman–Crippen MR) is 160 cm³/mol. The highest BCUT2D eigenvalue weighted by atomic mass is 16.8. The molecule has 2 aliphatic heterocycles. The Kier molecular flexibility index (Phi) is 19.7. The van der Waals surface area contributed by atoms with Crippen molar-refractivity contribution in [2.75, 3.05) is 66.1 Å². The number of ether oxygens (including phenoxy) is 11. The average molecular weight is 807 g/mol. The van der Waals surface area contributed by atoms with Crippen LogP contribution in [-0.4, -0.2) is 216 Å². The van der Waals surface area contributed by atoms with Crippen LogP contribution in [0.5, 0.6) is 0 Å². The maximum atomic E-state index is 11.6. The van der Waals surface area contributed by atoms with Crippen molar-refractivity contribution in [3.8, 4) is 0 Å². The lowest BCUT2D eigenvalue weighted by Crippen LogP contribution is -2.67. The Balaban J connectivity index is 2.77. The SMILES string of the molecule is O=C(O)COC[C@H]1O[C@@H](O[C@H]2[C@H](OCC(=O)O)[C@@H](OCC(=O)O)C(OCC(=O)O)O[C@@H]2COCC(=O)O)[C@H](OCC(=O)O)[C@@H](OCC(=O)O)[C@@H]1OCC(=O)O. The fraction of sp³-hybridized carbons (Fsp3) is 0.714. The molecule has 0 aromatic heterocycles. The topological polar surface area (TPSA) is 400 Å². The lowest BCUT2D eigenvalue weighted by Gasteiger charge is -2.49. The van der Waals surface area contributed by atoms with Gasteiger partial charge in [0.2, 0.25) is 0 Å². The Morgan fingerprint density at radius 2 is 0.636 bits per heavy atom. The molecule has 0 amide bonds. The van der Waals surface area contributed by atoms with Gasteiger partial charge in [0, 0.05) is 0 Å². The van der Waals surface area contributed by atoms with E-state index in [2.05, 4.69) is 0 Å². The van der Waals surface area contributed by atoms with E-state index in [1.165, 1.54) is 0 Å². The van der Waals surface area contributed by atoms with Gasteiger partial charge in [-0.1, -0.05) is 0 Å². The zero-order valence-corrected chi connectivity index (χ0v) is 28.2. The minimum atomic E-state index is -2.09. The molecule has 2 aliphatic rings. The first-order chi connectivity index (χ1) is 25.9. The number of rotatable bonds is 28. The summed E-state index contributed by atoms with van der Waals surface area (Å²) in [5.74, 6) is -12.6. The fourth-order valence-electron chi connectivity index (χ4n) is 5.04. The van der Waals surface area contributed by atoms with E-state index in [4.69, 9.17) is 62.3 Å². The quantitative estimate of drug-likeness (QED) is 0.0369. The maximum Gasteiger partial charge on any atom is 0.329 e. The zero-order chi connectivity index (χ0) is 41.2. The van der Waals surface area contributed by atoms with Crippen LogP contribution in [-0.2, 0) is 90.5 Å². The summed E-state index contributed by atoms with van der Waals surface area (Å²) >= 11 is 0. The fourth-order valence-corrected chi connectivity index (χ4v) is 5.04. The van der Waals surface area contributed by atoms with Crippen LogP contribution in [0.3, 0.4) is 0 Å². The summed E-state index contributed by atoms with van der Waals surface area (Å²) in [5, 5.41) is 74.3. The first-order valence-electron chi connectivity index (χ1n) is 15.4. The van der Waals surface area contributed by atoms with Gasteiger partial charge in [0.15, 0.2) is 12.6 Å². The molecule has 312 valence electrons. The number of hydrogen-bond acceptors (Lipinski definition) is 19. The molecule has 2 saturated heterocycles. The van der Waals surface area contributed by atoms with Crippen molar-refractivity contribution in [2.24, 2.45) is 0 Å². The lowest BCUT2D eigenvalue weighted by molar-refractivity contribution is -0.372. The normalized spacial score (nSPS) is 27.9. The second kappa shape index (κ2) is 23.3. The van der Waals surface area contributed by atoms with E-state index in [0.29, 0.717) is 0 Å². The van der Waals surface area contributed by atoms with Crippen LogP contribution < -0.4 is 0 Å².